The summed E-state index contributed by atoms with van der Waals surface area (Å²) < 4.78 is 4.61. The average molecular weight is 897 g/mol. The molecule has 0 spiro atoms. The first kappa shape index (κ1) is 39.6. The fourth-order valence-corrected chi connectivity index (χ4v) is 12.2. The van der Waals surface area contributed by atoms with Gasteiger partial charge in [0.25, 0.3) is 0 Å². The summed E-state index contributed by atoms with van der Waals surface area (Å²) in [5, 5.41) is 8.57. The second-order valence-electron chi connectivity index (χ2n) is 18.0. The lowest BCUT2D eigenvalue weighted by Gasteiger charge is -2.22. The van der Waals surface area contributed by atoms with Crippen LogP contribution < -0.4 is 5.32 Å². The molecule has 0 unspecified atom stereocenters. The number of rotatable bonds is 8. The molecule has 67 heavy (non-hydrogen) atoms. The van der Waals surface area contributed by atoms with Crippen LogP contribution in [0.2, 0.25) is 0 Å². The van der Waals surface area contributed by atoms with Gasteiger partial charge in [-0.1, -0.05) is 129 Å². The molecule has 1 aliphatic carbocycles. The van der Waals surface area contributed by atoms with Crippen molar-refractivity contribution in [2.75, 3.05) is 6.54 Å². The molecule has 0 saturated heterocycles. The van der Waals surface area contributed by atoms with E-state index in [0.717, 1.165) is 23.7 Å². The minimum absolute atomic E-state index is 0.120. The third kappa shape index (κ3) is 6.66. The number of benzene rings is 6. The molecule has 1 N–H and O–H groups in total. The summed E-state index contributed by atoms with van der Waals surface area (Å²) in [6, 6.07) is 60.1. The monoisotopic (exact) mass is 896 g/mol. The van der Waals surface area contributed by atoms with Gasteiger partial charge < -0.3 is 5.32 Å². The molecule has 13 rings (SSSR count). The van der Waals surface area contributed by atoms with Gasteiger partial charge >= 0.3 is 0 Å². The minimum Gasteiger partial charge on any atom is -0.368 e. The van der Waals surface area contributed by atoms with Crippen LogP contribution in [-0.2, 0) is 5.41 Å². The summed E-state index contributed by atoms with van der Waals surface area (Å²) in [7, 11) is 0. The van der Waals surface area contributed by atoms with Crippen molar-refractivity contribution in [1.82, 2.24) is 19.4 Å². The van der Waals surface area contributed by atoms with Crippen molar-refractivity contribution in [2.45, 2.75) is 19.3 Å². The van der Waals surface area contributed by atoms with E-state index in [0.29, 0.717) is 0 Å². The Morgan fingerprint density at radius 1 is 0.522 bits per heavy atom. The SMILES string of the molecule is CC1(C)c2cc(/C=C/c3ccc(-c4ccc5c(c4)c4ccccc4n5C4=CC=CCN4)s3)ccc2-c2ccc(/C=C/c3ccc(-c4ccc5c(c4)c4ccccc4n5-c4ccccn4)s3)cc21. The third-order valence-electron chi connectivity index (χ3n) is 13.7. The van der Waals surface area contributed by atoms with Gasteiger partial charge in [0.1, 0.15) is 11.6 Å². The summed E-state index contributed by atoms with van der Waals surface area (Å²) in [5.41, 5.74) is 15.0. The molecule has 0 saturated carbocycles. The van der Waals surface area contributed by atoms with Crippen molar-refractivity contribution < 1.29 is 0 Å². The number of aromatic nitrogens is 3. The topological polar surface area (TPSA) is 34.8 Å². The molecular weight excluding hydrogens is 853 g/mol. The quantitative estimate of drug-likeness (QED) is 0.165. The van der Waals surface area contributed by atoms with E-state index < -0.39 is 0 Å². The zero-order valence-electron chi connectivity index (χ0n) is 37.1. The van der Waals surface area contributed by atoms with Crippen LogP contribution in [0, 0.1) is 0 Å². The summed E-state index contributed by atoms with van der Waals surface area (Å²) in [4.78, 5) is 9.69. The number of hydrogen-bond donors (Lipinski definition) is 1. The summed E-state index contributed by atoms with van der Waals surface area (Å²) in [6.45, 7) is 5.57. The van der Waals surface area contributed by atoms with E-state index in [1.165, 1.54) is 102 Å². The number of pyridine rings is 1. The van der Waals surface area contributed by atoms with Gasteiger partial charge in [-0.2, -0.15) is 0 Å². The maximum atomic E-state index is 4.69. The van der Waals surface area contributed by atoms with Crippen LogP contribution in [0.3, 0.4) is 0 Å². The van der Waals surface area contributed by atoms with E-state index >= 15 is 0 Å². The molecule has 1 aliphatic heterocycles. The molecule has 0 amide bonds. The van der Waals surface area contributed by atoms with Gasteiger partial charge in [0.05, 0.1) is 22.1 Å². The van der Waals surface area contributed by atoms with Gasteiger partial charge in [0.15, 0.2) is 0 Å². The first-order valence-electron chi connectivity index (χ1n) is 22.9. The number of dihydropyridines is 1. The van der Waals surface area contributed by atoms with Crippen molar-refractivity contribution in [2.24, 2.45) is 0 Å². The zero-order valence-corrected chi connectivity index (χ0v) is 38.7. The Kier molecular flexibility index (Phi) is 9.27. The van der Waals surface area contributed by atoms with Gasteiger partial charge in [0, 0.05) is 59.2 Å². The highest BCUT2D eigenvalue weighted by atomic mass is 32.1. The predicted octanol–water partition coefficient (Wildman–Crippen LogP) is 16.3. The molecule has 320 valence electrons. The lowest BCUT2D eigenvalue weighted by Crippen LogP contribution is -2.19. The Morgan fingerprint density at radius 3 is 1.64 bits per heavy atom. The zero-order chi connectivity index (χ0) is 44.6. The Hall–Kier alpha value is -7.77. The Labute approximate surface area is 397 Å². The number of allylic oxidation sites excluding steroid dienone is 2. The van der Waals surface area contributed by atoms with Crippen molar-refractivity contribution >= 4 is 96.4 Å². The molecule has 6 heteroatoms. The number of fused-ring (bicyclic) bond motifs is 9. The molecule has 4 nitrogen and oxygen atoms in total. The smallest absolute Gasteiger partial charge is 0.137 e. The molecule has 11 aromatic rings. The normalized spacial score (nSPS) is 14.2. The highest BCUT2D eigenvalue weighted by molar-refractivity contribution is 7.16. The lowest BCUT2D eigenvalue weighted by molar-refractivity contribution is 0.660. The van der Waals surface area contributed by atoms with E-state index in [1.807, 2.05) is 41.0 Å². The van der Waals surface area contributed by atoms with Gasteiger partial charge in [-0.05, 0) is 136 Å². The Bertz CT molecular complexity index is 3900. The minimum atomic E-state index is -0.120. The number of nitrogens with one attached hydrogen (secondary N) is 1. The molecule has 0 bridgehead atoms. The third-order valence-corrected chi connectivity index (χ3v) is 15.9. The average Bonchev–Trinajstić information content (AvgIpc) is 4.21. The molecule has 6 aromatic carbocycles. The van der Waals surface area contributed by atoms with Crippen LogP contribution in [0.25, 0.3) is 112 Å². The number of hydrogen-bond acceptors (Lipinski definition) is 4. The molecule has 5 aromatic heterocycles. The first-order valence-corrected chi connectivity index (χ1v) is 24.5. The highest BCUT2D eigenvalue weighted by Gasteiger charge is 2.35. The lowest BCUT2D eigenvalue weighted by atomic mass is 9.81. The van der Waals surface area contributed by atoms with E-state index in [-0.39, 0.29) is 5.41 Å². The summed E-state index contributed by atoms with van der Waals surface area (Å²) in [5.74, 6) is 2.04. The van der Waals surface area contributed by atoms with Crippen LogP contribution in [0.15, 0.2) is 188 Å². The van der Waals surface area contributed by atoms with Crippen molar-refractivity contribution in [3.63, 3.8) is 0 Å². The number of thiophene rings is 2. The molecule has 6 heterocycles. The Morgan fingerprint density at radius 2 is 1.07 bits per heavy atom. The maximum Gasteiger partial charge on any atom is 0.137 e. The second-order valence-corrected chi connectivity index (χ2v) is 20.3. The Balaban J connectivity index is 0.731. The van der Waals surface area contributed by atoms with E-state index in [9.17, 15) is 0 Å². The van der Waals surface area contributed by atoms with Crippen molar-refractivity contribution in [3.05, 3.63) is 220 Å². The van der Waals surface area contributed by atoms with Crippen LogP contribution >= 0.6 is 22.7 Å². The molecule has 2 aliphatic rings. The van der Waals surface area contributed by atoms with Crippen LogP contribution in [0.5, 0.6) is 0 Å². The maximum absolute atomic E-state index is 4.69. The van der Waals surface area contributed by atoms with Gasteiger partial charge in [0.2, 0.25) is 0 Å². The number of nitrogens with zero attached hydrogens (tertiary/aromatic N) is 3. The van der Waals surface area contributed by atoms with Crippen LogP contribution in [-0.4, -0.2) is 20.7 Å². The van der Waals surface area contributed by atoms with Crippen LogP contribution in [0.1, 0.15) is 45.9 Å². The van der Waals surface area contributed by atoms with Gasteiger partial charge in [-0.25, -0.2) is 4.98 Å². The van der Waals surface area contributed by atoms with Gasteiger partial charge in [-0.3, -0.25) is 9.13 Å². The van der Waals surface area contributed by atoms with Crippen molar-refractivity contribution in [1.29, 1.82) is 0 Å². The first-order chi connectivity index (χ1) is 32.9. The molecule has 0 radical (unpaired) electrons. The largest absolute Gasteiger partial charge is 0.368 e. The van der Waals surface area contributed by atoms with E-state index in [1.54, 1.807) is 0 Å². The highest BCUT2D eigenvalue weighted by Crippen LogP contribution is 2.49. The van der Waals surface area contributed by atoms with Crippen LogP contribution in [0.4, 0.5) is 0 Å². The summed E-state index contributed by atoms with van der Waals surface area (Å²) in [6.07, 6.45) is 17.4. The van der Waals surface area contributed by atoms with Crippen molar-refractivity contribution in [3.8, 4) is 37.8 Å². The molecule has 0 fully saturated rings. The summed E-state index contributed by atoms with van der Waals surface area (Å²) >= 11 is 3.67. The fraction of sp³-hybridized carbons (Fsp3) is 0.0656. The predicted molar refractivity (Wildman–Crippen MR) is 288 cm³/mol. The second kappa shape index (κ2) is 15.7. The molecule has 0 atom stereocenters. The van der Waals surface area contributed by atoms with Gasteiger partial charge in [-0.15, -0.1) is 22.7 Å². The standard InChI is InChI=1S/C61H44N4S2/c1-61(2)51-35-39(17-23-43-25-31-57(66-43)41-21-29-55-49(37-41)47-11-3-5-13-53(47)64(55)59-15-7-9-33-62-59)19-27-45(51)46-28-20-40(36-52(46)61)18-24-44-26-32-58(67-44)42-22-30-56-50(38-42)48-12-4-6-14-54(48)65(56)60-16-8-10-34-63-60/h3-33,35-38,63H,34H2,1-2H3/b23-17+,24-18+. The number of para-hydroxylation sites is 2. The van der Waals surface area contributed by atoms with E-state index in [2.05, 4.69) is 227 Å². The fourth-order valence-electron chi connectivity index (χ4n) is 10.4. The molecular formula is C61H44N4S2. The van der Waals surface area contributed by atoms with E-state index in [4.69, 9.17) is 0 Å².